The quantitative estimate of drug-likeness (QED) is 0.743. The highest BCUT2D eigenvalue weighted by molar-refractivity contribution is 5.90. The molecular formula is C20H30O3. The number of Topliss-reactive ketones (excluding diaryl/α,β-unsaturated/α-hetero) is 1. The normalized spacial score (nSPS) is 61.0. The third-order valence-corrected chi connectivity index (χ3v) is 9.23. The molecule has 1 N–H and O–H groups in total. The van der Waals surface area contributed by atoms with Crippen LogP contribution in [0.2, 0.25) is 0 Å². The highest BCUT2D eigenvalue weighted by atomic mass is 16.6. The van der Waals surface area contributed by atoms with Crippen molar-refractivity contribution in [3.8, 4) is 0 Å². The van der Waals surface area contributed by atoms with Crippen LogP contribution in [-0.4, -0.2) is 23.8 Å². The molecule has 1 heterocycles. The van der Waals surface area contributed by atoms with Gasteiger partial charge in [0.25, 0.3) is 0 Å². The van der Waals surface area contributed by atoms with E-state index in [1.807, 2.05) is 0 Å². The average molecular weight is 318 g/mol. The molecule has 0 amide bonds. The van der Waals surface area contributed by atoms with Crippen molar-refractivity contribution in [2.75, 3.05) is 6.61 Å². The molecular weight excluding hydrogens is 288 g/mol. The fourth-order valence-electron chi connectivity index (χ4n) is 8.21. The van der Waals surface area contributed by atoms with Crippen LogP contribution in [0.5, 0.6) is 0 Å². The van der Waals surface area contributed by atoms with Crippen molar-refractivity contribution in [3.05, 3.63) is 0 Å². The van der Waals surface area contributed by atoms with Gasteiger partial charge in [0.2, 0.25) is 0 Å². The van der Waals surface area contributed by atoms with E-state index in [0.717, 1.165) is 25.7 Å². The Hall–Kier alpha value is -0.410. The molecule has 23 heavy (non-hydrogen) atoms. The Morgan fingerprint density at radius 1 is 1.13 bits per heavy atom. The number of carbonyl (C=O) groups is 1. The molecule has 4 aliphatic carbocycles. The minimum absolute atomic E-state index is 0.0390. The van der Waals surface area contributed by atoms with Gasteiger partial charge in [-0.25, -0.2) is 0 Å². The van der Waals surface area contributed by atoms with Gasteiger partial charge in [-0.3, -0.25) is 4.79 Å². The molecule has 3 heteroatoms. The van der Waals surface area contributed by atoms with E-state index in [9.17, 15) is 9.90 Å². The van der Waals surface area contributed by atoms with E-state index in [0.29, 0.717) is 30.1 Å². The number of ether oxygens (including phenoxy) is 1. The molecule has 1 spiro atoms. The molecule has 3 nitrogen and oxygen atoms in total. The summed E-state index contributed by atoms with van der Waals surface area (Å²) in [7, 11) is 0. The maximum absolute atomic E-state index is 13.2. The molecule has 1 aliphatic heterocycles. The summed E-state index contributed by atoms with van der Waals surface area (Å²) in [6.07, 6.45) is 8.65. The van der Waals surface area contributed by atoms with E-state index in [1.165, 1.54) is 25.7 Å². The number of aliphatic hydroxyl groups excluding tert-OH is 1. The number of aliphatic hydroxyl groups is 1. The summed E-state index contributed by atoms with van der Waals surface area (Å²) in [5, 5.41) is 10.5. The van der Waals surface area contributed by atoms with E-state index in [4.69, 9.17) is 4.74 Å². The first-order chi connectivity index (χ1) is 10.9. The van der Waals surface area contributed by atoms with Gasteiger partial charge >= 0.3 is 0 Å². The SMILES string of the molecule is C[C@H]1C(=O)[C@@]23CC[C@H]4[C@@]5(CCC[C@@]4(C)C(O)OC5)[C@@H]2CC[C@@H]1C3. The average Bonchev–Trinajstić information content (AvgIpc) is 2.72. The van der Waals surface area contributed by atoms with Crippen LogP contribution in [0.3, 0.4) is 0 Å². The van der Waals surface area contributed by atoms with Gasteiger partial charge in [0.15, 0.2) is 6.29 Å². The van der Waals surface area contributed by atoms with Gasteiger partial charge in [0.1, 0.15) is 5.78 Å². The largest absolute Gasteiger partial charge is 0.367 e. The summed E-state index contributed by atoms with van der Waals surface area (Å²) >= 11 is 0. The topological polar surface area (TPSA) is 46.5 Å². The van der Waals surface area contributed by atoms with Crippen LogP contribution in [-0.2, 0) is 9.53 Å². The zero-order valence-corrected chi connectivity index (χ0v) is 14.5. The lowest BCUT2D eigenvalue weighted by Gasteiger charge is -2.67. The van der Waals surface area contributed by atoms with E-state index in [2.05, 4.69) is 13.8 Å². The van der Waals surface area contributed by atoms with Crippen LogP contribution in [0.15, 0.2) is 0 Å². The number of hydrogen-bond acceptors (Lipinski definition) is 3. The van der Waals surface area contributed by atoms with E-state index < -0.39 is 6.29 Å². The Bertz CT molecular complexity index is 559. The van der Waals surface area contributed by atoms with E-state index in [1.54, 1.807) is 0 Å². The number of hydrogen-bond donors (Lipinski definition) is 1. The first-order valence-corrected chi connectivity index (χ1v) is 9.78. The third-order valence-electron chi connectivity index (χ3n) is 9.23. The van der Waals surface area contributed by atoms with Crippen molar-refractivity contribution < 1.29 is 14.6 Å². The molecule has 128 valence electrons. The molecule has 0 radical (unpaired) electrons. The summed E-state index contributed by atoms with van der Waals surface area (Å²) in [5.74, 6) is 2.55. The highest BCUT2D eigenvalue weighted by Crippen LogP contribution is 2.73. The Balaban J connectivity index is 1.62. The van der Waals surface area contributed by atoms with Crippen molar-refractivity contribution >= 4 is 5.78 Å². The van der Waals surface area contributed by atoms with Crippen LogP contribution in [0, 0.1) is 39.9 Å². The fourth-order valence-corrected chi connectivity index (χ4v) is 8.21. The Kier molecular flexibility index (Phi) is 2.85. The lowest BCUT2D eigenvalue weighted by Crippen LogP contribution is -2.66. The third kappa shape index (κ3) is 1.53. The standard InChI is InChI=1S/C20H30O3/c1-12-13-4-5-15-19(10-13,16(12)21)9-6-14-18(2)7-3-8-20(14,15)11-23-17(18)22/h12-15,17,22H,3-11H2,1-2H3/t12-,13-,14-,15-,17?,18-,19-,20+/m1/s1. The molecule has 4 saturated carbocycles. The molecule has 4 bridgehead atoms. The molecule has 1 unspecified atom stereocenters. The highest BCUT2D eigenvalue weighted by Gasteiger charge is 2.71. The molecule has 8 atom stereocenters. The molecule has 0 aromatic carbocycles. The molecule has 0 aromatic rings. The Morgan fingerprint density at radius 3 is 2.78 bits per heavy atom. The Morgan fingerprint density at radius 2 is 1.96 bits per heavy atom. The van der Waals surface area contributed by atoms with Gasteiger partial charge in [-0.05, 0) is 62.7 Å². The molecule has 0 aromatic heterocycles. The summed E-state index contributed by atoms with van der Waals surface area (Å²) in [6, 6.07) is 0. The van der Waals surface area contributed by atoms with Gasteiger partial charge < -0.3 is 9.84 Å². The predicted octanol–water partition coefficient (Wildman–Crippen LogP) is 3.54. The first-order valence-electron chi connectivity index (χ1n) is 9.78. The summed E-state index contributed by atoms with van der Waals surface area (Å²) in [5.41, 5.74) is 0.0279. The minimum atomic E-state index is -0.607. The second-order valence-electron chi connectivity index (χ2n) is 9.75. The van der Waals surface area contributed by atoms with Crippen LogP contribution < -0.4 is 0 Å². The second-order valence-corrected chi connectivity index (χ2v) is 9.75. The van der Waals surface area contributed by atoms with Gasteiger partial charge in [-0.15, -0.1) is 0 Å². The van der Waals surface area contributed by atoms with Gasteiger partial charge in [-0.1, -0.05) is 20.3 Å². The fraction of sp³-hybridized carbons (Fsp3) is 0.950. The van der Waals surface area contributed by atoms with Gasteiger partial charge in [0.05, 0.1) is 6.61 Å². The van der Waals surface area contributed by atoms with Crippen LogP contribution in [0.1, 0.15) is 65.2 Å². The lowest BCUT2D eigenvalue weighted by atomic mass is 9.39. The van der Waals surface area contributed by atoms with Crippen molar-refractivity contribution in [2.24, 2.45) is 39.9 Å². The van der Waals surface area contributed by atoms with Gasteiger partial charge in [-0.2, -0.15) is 0 Å². The maximum atomic E-state index is 13.2. The number of ketones is 1. The zero-order valence-electron chi connectivity index (χ0n) is 14.5. The van der Waals surface area contributed by atoms with Gasteiger partial charge in [0, 0.05) is 22.2 Å². The number of carbonyl (C=O) groups excluding carboxylic acids is 1. The number of rotatable bonds is 0. The van der Waals surface area contributed by atoms with Crippen molar-refractivity contribution in [1.29, 1.82) is 0 Å². The Labute approximate surface area is 139 Å². The smallest absolute Gasteiger partial charge is 0.160 e. The van der Waals surface area contributed by atoms with Crippen molar-refractivity contribution in [2.45, 2.75) is 71.5 Å². The van der Waals surface area contributed by atoms with Crippen LogP contribution in [0.4, 0.5) is 0 Å². The summed E-state index contributed by atoms with van der Waals surface area (Å²) in [6.45, 7) is 5.12. The van der Waals surface area contributed by atoms with Crippen LogP contribution >= 0.6 is 0 Å². The van der Waals surface area contributed by atoms with E-state index >= 15 is 0 Å². The van der Waals surface area contributed by atoms with Crippen LogP contribution in [0.25, 0.3) is 0 Å². The zero-order chi connectivity index (χ0) is 16.0. The predicted molar refractivity (Wildman–Crippen MR) is 86.5 cm³/mol. The summed E-state index contributed by atoms with van der Waals surface area (Å²) < 4.78 is 5.97. The van der Waals surface area contributed by atoms with Crippen molar-refractivity contribution in [1.82, 2.24) is 0 Å². The molecule has 5 fully saturated rings. The minimum Gasteiger partial charge on any atom is -0.367 e. The monoisotopic (exact) mass is 318 g/mol. The first kappa shape index (κ1) is 14.9. The second kappa shape index (κ2) is 4.40. The molecule has 5 rings (SSSR count). The van der Waals surface area contributed by atoms with Crippen molar-refractivity contribution in [3.63, 3.8) is 0 Å². The maximum Gasteiger partial charge on any atom is 0.160 e. The lowest BCUT2D eigenvalue weighted by molar-refractivity contribution is -0.314. The molecule has 5 aliphatic rings. The molecule has 1 saturated heterocycles. The number of fused-ring (bicyclic) bond motifs is 1. The van der Waals surface area contributed by atoms with E-state index in [-0.39, 0.29) is 22.2 Å². The summed E-state index contributed by atoms with van der Waals surface area (Å²) in [4.78, 5) is 13.2.